The Bertz CT molecular complexity index is 412. The van der Waals surface area contributed by atoms with Crippen LogP contribution in [0.25, 0.3) is 0 Å². The quantitative estimate of drug-likeness (QED) is 0.777. The van der Waals surface area contributed by atoms with Gasteiger partial charge in [-0.2, -0.15) is 13.2 Å². The van der Waals surface area contributed by atoms with E-state index in [0.717, 1.165) is 37.9 Å². The smallest absolute Gasteiger partial charge is 0.345 e. The third-order valence-electron chi connectivity index (χ3n) is 2.92. The van der Waals surface area contributed by atoms with Crippen LogP contribution >= 0.6 is 27.3 Å². The first-order chi connectivity index (χ1) is 9.00. The fraction of sp³-hybridized carbons (Fsp3) is 0.800. The number of hydrogen-bond acceptors (Lipinski definition) is 5. The summed E-state index contributed by atoms with van der Waals surface area (Å²) in [5, 5.41) is 7.30. The van der Waals surface area contributed by atoms with Crippen LogP contribution in [0.5, 0.6) is 0 Å². The highest BCUT2D eigenvalue weighted by Crippen LogP contribution is 2.34. The van der Waals surface area contributed by atoms with Crippen molar-refractivity contribution in [2.75, 3.05) is 43.0 Å². The molecule has 0 N–H and O–H groups in total. The summed E-state index contributed by atoms with van der Waals surface area (Å²) in [6.45, 7) is 4.18. The minimum absolute atomic E-state index is 0.369. The maximum atomic E-state index is 12.5. The second-order valence-electron chi connectivity index (χ2n) is 4.26. The molecule has 1 saturated heterocycles. The summed E-state index contributed by atoms with van der Waals surface area (Å²) in [6, 6.07) is 0. The van der Waals surface area contributed by atoms with Crippen molar-refractivity contribution >= 4 is 32.4 Å². The van der Waals surface area contributed by atoms with Gasteiger partial charge in [-0.1, -0.05) is 27.3 Å². The molecule has 9 heteroatoms. The van der Waals surface area contributed by atoms with E-state index in [1.807, 2.05) is 4.90 Å². The van der Waals surface area contributed by atoms with E-state index in [2.05, 4.69) is 31.0 Å². The second kappa shape index (κ2) is 6.36. The topological polar surface area (TPSA) is 32.3 Å². The Morgan fingerprint density at radius 1 is 1.16 bits per heavy atom. The number of halogens is 4. The molecular weight excluding hydrogens is 345 g/mol. The largest absolute Gasteiger partial charge is 0.445 e. The number of rotatable bonds is 3. The Morgan fingerprint density at radius 2 is 1.95 bits per heavy atom. The number of aromatic nitrogens is 2. The average Bonchev–Trinajstić information content (AvgIpc) is 2.72. The van der Waals surface area contributed by atoms with Crippen molar-refractivity contribution in [1.82, 2.24) is 15.1 Å². The maximum Gasteiger partial charge on any atom is 0.445 e. The molecule has 0 atom stereocenters. The highest BCUT2D eigenvalue weighted by Gasteiger charge is 2.36. The summed E-state index contributed by atoms with van der Waals surface area (Å²) in [6.07, 6.45) is -3.47. The standard InChI is InChI=1S/C10H14BrF3N4S/c11-2-5-17-3-1-4-18(7-6-17)9-16-15-8(19-9)10(12,13)14/h1-7H2. The van der Waals surface area contributed by atoms with E-state index in [4.69, 9.17) is 0 Å². The lowest BCUT2D eigenvalue weighted by Gasteiger charge is -2.20. The zero-order valence-electron chi connectivity index (χ0n) is 10.2. The van der Waals surface area contributed by atoms with E-state index < -0.39 is 11.2 Å². The number of anilines is 1. The van der Waals surface area contributed by atoms with Crippen LogP contribution in [-0.2, 0) is 6.18 Å². The van der Waals surface area contributed by atoms with E-state index in [-0.39, 0.29) is 0 Å². The summed E-state index contributed by atoms with van der Waals surface area (Å²) >= 11 is 4.02. The van der Waals surface area contributed by atoms with Gasteiger partial charge in [-0.15, -0.1) is 10.2 Å². The van der Waals surface area contributed by atoms with Crippen molar-refractivity contribution in [2.45, 2.75) is 12.6 Å². The molecule has 4 nitrogen and oxygen atoms in total. The summed E-state index contributed by atoms with van der Waals surface area (Å²) in [5.41, 5.74) is 0. The van der Waals surface area contributed by atoms with Gasteiger partial charge in [0, 0.05) is 31.5 Å². The van der Waals surface area contributed by atoms with Gasteiger partial charge in [0.15, 0.2) is 0 Å². The van der Waals surface area contributed by atoms with Crippen LogP contribution in [0.4, 0.5) is 18.3 Å². The molecule has 2 rings (SSSR count). The lowest BCUT2D eigenvalue weighted by atomic mass is 10.4. The molecule has 0 saturated carbocycles. The van der Waals surface area contributed by atoms with Gasteiger partial charge in [0.25, 0.3) is 0 Å². The third kappa shape index (κ3) is 4.03. The van der Waals surface area contributed by atoms with Crippen LogP contribution in [0.1, 0.15) is 11.4 Å². The predicted octanol–water partition coefficient (Wildman–Crippen LogP) is 2.46. The van der Waals surface area contributed by atoms with E-state index in [1.165, 1.54) is 0 Å². The molecule has 0 aromatic carbocycles. The fourth-order valence-electron chi connectivity index (χ4n) is 1.96. The molecule has 0 amide bonds. The summed E-state index contributed by atoms with van der Waals surface area (Å²) in [4.78, 5) is 4.18. The lowest BCUT2D eigenvalue weighted by Crippen LogP contribution is -2.31. The Kier molecular flexibility index (Phi) is 5.02. The van der Waals surface area contributed by atoms with E-state index in [0.29, 0.717) is 23.0 Å². The molecule has 0 spiro atoms. The zero-order valence-corrected chi connectivity index (χ0v) is 12.6. The maximum absolute atomic E-state index is 12.5. The van der Waals surface area contributed by atoms with E-state index in [9.17, 15) is 13.2 Å². The predicted molar refractivity (Wildman–Crippen MR) is 72.0 cm³/mol. The average molecular weight is 359 g/mol. The highest BCUT2D eigenvalue weighted by atomic mass is 79.9. The zero-order chi connectivity index (χ0) is 13.9. The Hall–Kier alpha value is -0.410. The molecule has 19 heavy (non-hydrogen) atoms. The molecule has 2 heterocycles. The van der Waals surface area contributed by atoms with Crippen molar-refractivity contribution < 1.29 is 13.2 Å². The molecular formula is C10H14BrF3N4S. The van der Waals surface area contributed by atoms with Crippen LogP contribution in [0.15, 0.2) is 0 Å². The molecule has 0 radical (unpaired) electrons. The van der Waals surface area contributed by atoms with Crippen molar-refractivity contribution in [1.29, 1.82) is 0 Å². The third-order valence-corrected chi connectivity index (χ3v) is 4.30. The molecule has 1 aliphatic heterocycles. The van der Waals surface area contributed by atoms with Gasteiger partial charge in [-0.25, -0.2) is 0 Å². The first kappa shape index (κ1) is 15.0. The van der Waals surface area contributed by atoms with Gasteiger partial charge in [0.05, 0.1) is 0 Å². The van der Waals surface area contributed by atoms with Crippen molar-refractivity contribution in [2.24, 2.45) is 0 Å². The van der Waals surface area contributed by atoms with Gasteiger partial charge in [0.2, 0.25) is 10.1 Å². The highest BCUT2D eigenvalue weighted by molar-refractivity contribution is 9.09. The molecule has 0 aliphatic carbocycles. The molecule has 0 unspecified atom stereocenters. The van der Waals surface area contributed by atoms with Crippen LogP contribution in [0, 0.1) is 0 Å². The Balaban J connectivity index is 2.00. The van der Waals surface area contributed by atoms with Crippen molar-refractivity contribution in [3.05, 3.63) is 5.01 Å². The van der Waals surface area contributed by atoms with E-state index >= 15 is 0 Å². The molecule has 1 aromatic heterocycles. The molecule has 0 bridgehead atoms. The van der Waals surface area contributed by atoms with Crippen LogP contribution in [0.2, 0.25) is 0 Å². The first-order valence-electron chi connectivity index (χ1n) is 5.94. The van der Waals surface area contributed by atoms with Crippen molar-refractivity contribution in [3.63, 3.8) is 0 Å². The Labute approximate surface area is 121 Å². The molecule has 108 valence electrons. The van der Waals surface area contributed by atoms with Crippen LogP contribution in [0.3, 0.4) is 0 Å². The molecule has 1 aliphatic rings. The van der Waals surface area contributed by atoms with Gasteiger partial charge in [-0.3, -0.25) is 0 Å². The van der Waals surface area contributed by atoms with Gasteiger partial charge < -0.3 is 9.80 Å². The minimum atomic E-state index is -4.40. The SMILES string of the molecule is FC(F)(F)c1nnc(N2CCCN(CCBr)CC2)s1. The number of nitrogens with zero attached hydrogens (tertiary/aromatic N) is 4. The molecule has 1 fully saturated rings. The summed E-state index contributed by atoms with van der Waals surface area (Å²) in [7, 11) is 0. The fourth-order valence-corrected chi connectivity index (χ4v) is 3.23. The van der Waals surface area contributed by atoms with Crippen LogP contribution < -0.4 is 4.90 Å². The number of hydrogen-bond donors (Lipinski definition) is 0. The van der Waals surface area contributed by atoms with Crippen LogP contribution in [-0.4, -0.2) is 53.2 Å². The second-order valence-corrected chi connectivity index (χ2v) is 6.01. The van der Waals surface area contributed by atoms with Gasteiger partial charge in [0.1, 0.15) is 0 Å². The Morgan fingerprint density at radius 3 is 2.58 bits per heavy atom. The normalized spacial score (nSPS) is 18.6. The monoisotopic (exact) mass is 358 g/mol. The van der Waals surface area contributed by atoms with Gasteiger partial charge in [-0.05, 0) is 13.0 Å². The van der Waals surface area contributed by atoms with Gasteiger partial charge >= 0.3 is 6.18 Å². The summed E-state index contributed by atoms with van der Waals surface area (Å²) in [5.74, 6) is 0. The number of alkyl halides is 4. The molecule has 1 aromatic rings. The lowest BCUT2D eigenvalue weighted by molar-refractivity contribution is -0.138. The minimum Gasteiger partial charge on any atom is -0.345 e. The van der Waals surface area contributed by atoms with E-state index in [1.54, 1.807) is 0 Å². The summed E-state index contributed by atoms with van der Waals surface area (Å²) < 4.78 is 37.5. The van der Waals surface area contributed by atoms with Crippen molar-refractivity contribution in [3.8, 4) is 0 Å². The first-order valence-corrected chi connectivity index (χ1v) is 7.88.